The van der Waals surface area contributed by atoms with E-state index in [1.54, 1.807) is 37.9 Å². The Kier molecular flexibility index (Phi) is 9.14. The van der Waals surface area contributed by atoms with Crippen LogP contribution < -0.4 is 10.2 Å². The van der Waals surface area contributed by atoms with Crippen LogP contribution in [0.1, 0.15) is 65.5 Å². The van der Waals surface area contributed by atoms with Crippen LogP contribution in [-0.2, 0) is 16.0 Å². The first kappa shape index (κ1) is 32.2. The zero-order valence-corrected chi connectivity index (χ0v) is 27.1. The number of fused-ring (bicyclic) bond motifs is 1. The molecule has 1 saturated heterocycles. The number of hydrogen-bond donors (Lipinski definition) is 1. The zero-order valence-electron chi connectivity index (χ0n) is 27.1. The molecule has 0 bridgehead atoms. The molecule has 1 aromatic carbocycles. The number of aromatic nitrogens is 4. The van der Waals surface area contributed by atoms with Gasteiger partial charge < -0.3 is 19.7 Å². The highest BCUT2D eigenvalue weighted by Crippen LogP contribution is 2.28. The van der Waals surface area contributed by atoms with E-state index in [-0.39, 0.29) is 24.2 Å². The van der Waals surface area contributed by atoms with Gasteiger partial charge in [0.15, 0.2) is 5.65 Å². The van der Waals surface area contributed by atoms with Gasteiger partial charge >= 0.3 is 12.2 Å². The SMILES string of the molecule is CC(C)(C)OC(=O)N1CCC[C@H](Nc2cc(N(Cc3ccc(-c4ccccn4)cc3)C(=O)OC(C)(C)C)n3ncc(C#N)c3n2)C1. The van der Waals surface area contributed by atoms with Crippen molar-refractivity contribution in [3.63, 3.8) is 0 Å². The van der Waals surface area contributed by atoms with Crippen LogP contribution in [0.4, 0.5) is 21.2 Å². The fourth-order valence-electron chi connectivity index (χ4n) is 5.14. The summed E-state index contributed by atoms with van der Waals surface area (Å²) in [6.07, 6.45) is 3.80. The van der Waals surface area contributed by atoms with Crippen LogP contribution in [0.5, 0.6) is 0 Å². The van der Waals surface area contributed by atoms with Crippen LogP contribution >= 0.6 is 0 Å². The second kappa shape index (κ2) is 13.0. The van der Waals surface area contributed by atoms with Crippen molar-refractivity contribution in [2.45, 2.75) is 78.2 Å². The molecule has 1 fully saturated rings. The first-order valence-corrected chi connectivity index (χ1v) is 15.3. The molecule has 12 heteroatoms. The summed E-state index contributed by atoms with van der Waals surface area (Å²) in [6, 6.07) is 17.3. The minimum atomic E-state index is -0.763. The van der Waals surface area contributed by atoms with Crippen LogP contribution in [0.2, 0.25) is 0 Å². The first-order chi connectivity index (χ1) is 21.8. The Morgan fingerprint density at radius 2 is 1.80 bits per heavy atom. The molecule has 0 radical (unpaired) electrons. The number of amides is 2. The Labute approximate surface area is 269 Å². The Hall–Kier alpha value is -5.18. The summed E-state index contributed by atoms with van der Waals surface area (Å²) >= 11 is 0. The Balaban J connectivity index is 1.49. The van der Waals surface area contributed by atoms with Crippen LogP contribution in [-0.4, -0.2) is 67.0 Å². The highest BCUT2D eigenvalue weighted by atomic mass is 16.6. The minimum Gasteiger partial charge on any atom is -0.444 e. The van der Waals surface area contributed by atoms with Gasteiger partial charge in [-0.05, 0) is 72.1 Å². The molecular weight excluding hydrogens is 584 g/mol. The standard InChI is InChI=1S/C34H40N8O4/c1-33(2,3)45-31(43)40-17-9-10-26(22-40)38-28-18-29(42-30(39-28)25(19-35)20-37-42)41(32(44)46-34(4,5)6)21-23-12-14-24(15-13-23)27-11-7-8-16-36-27/h7-8,11-16,18,20,26H,9-10,17,21-22H2,1-6H3,(H,38,39)/t26-/m0/s1. The van der Waals surface area contributed by atoms with Crippen molar-refractivity contribution in [1.29, 1.82) is 5.26 Å². The molecule has 1 aliphatic heterocycles. The minimum absolute atomic E-state index is 0.133. The average molecular weight is 625 g/mol. The molecule has 1 N–H and O–H groups in total. The fraction of sp³-hybridized carbons (Fsp3) is 0.412. The molecule has 2 amide bonds. The van der Waals surface area contributed by atoms with Crippen molar-refractivity contribution in [3.8, 4) is 17.3 Å². The summed E-state index contributed by atoms with van der Waals surface area (Å²) in [4.78, 5) is 38.9. The van der Waals surface area contributed by atoms with Crippen LogP contribution in [0.15, 0.2) is 60.9 Å². The third-order valence-corrected chi connectivity index (χ3v) is 7.14. The molecule has 0 spiro atoms. The van der Waals surface area contributed by atoms with Crippen molar-refractivity contribution in [3.05, 3.63) is 72.1 Å². The van der Waals surface area contributed by atoms with Gasteiger partial charge in [0.2, 0.25) is 0 Å². The van der Waals surface area contributed by atoms with Gasteiger partial charge in [-0.15, -0.1) is 0 Å². The second-order valence-corrected chi connectivity index (χ2v) is 13.3. The van der Waals surface area contributed by atoms with E-state index in [1.165, 1.54) is 15.6 Å². The quantitative estimate of drug-likeness (QED) is 0.258. The molecule has 240 valence electrons. The molecule has 3 aromatic heterocycles. The third kappa shape index (κ3) is 7.90. The van der Waals surface area contributed by atoms with Gasteiger partial charge in [0.25, 0.3) is 0 Å². The van der Waals surface area contributed by atoms with Crippen molar-refractivity contribution < 1.29 is 19.1 Å². The van der Waals surface area contributed by atoms with E-state index in [0.717, 1.165) is 29.7 Å². The lowest BCUT2D eigenvalue weighted by molar-refractivity contribution is 0.0206. The van der Waals surface area contributed by atoms with Gasteiger partial charge in [-0.3, -0.25) is 9.88 Å². The van der Waals surface area contributed by atoms with E-state index in [2.05, 4.69) is 21.5 Å². The lowest BCUT2D eigenvalue weighted by Gasteiger charge is -2.34. The van der Waals surface area contributed by atoms with Crippen molar-refractivity contribution >= 4 is 29.5 Å². The van der Waals surface area contributed by atoms with E-state index in [0.29, 0.717) is 30.4 Å². The van der Waals surface area contributed by atoms with Gasteiger partial charge in [0.1, 0.15) is 34.5 Å². The third-order valence-electron chi connectivity index (χ3n) is 7.14. The predicted octanol–water partition coefficient (Wildman–Crippen LogP) is 6.42. The highest BCUT2D eigenvalue weighted by Gasteiger charge is 2.30. The van der Waals surface area contributed by atoms with Crippen LogP contribution in [0.3, 0.4) is 0 Å². The average Bonchev–Trinajstić information content (AvgIpc) is 3.42. The Bertz CT molecular complexity index is 1730. The molecule has 5 rings (SSSR count). The maximum absolute atomic E-state index is 13.8. The first-order valence-electron chi connectivity index (χ1n) is 15.3. The summed E-state index contributed by atoms with van der Waals surface area (Å²) in [5.41, 5.74) is 1.83. The summed E-state index contributed by atoms with van der Waals surface area (Å²) in [5, 5.41) is 17.7. The van der Waals surface area contributed by atoms with Gasteiger partial charge in [0, 0.05) is 37.0 Å². The fourth-order valence-corrected chi connectivity index (χ4v) is 5.14. The monoisotopic (exact) mass is 624 g/mol. The molecule has 1 atom stereocenters. The van der Waals surface area contributed by atoms with Crippen molar-refractivity contribution in [2.24, 2.45) is 0 Å². The molecule has 0 unspecified atom stereocenters. The Morgan fingerprint density at radius 1 is 1.07 bits per heavy atom. The van der Waals surface area contributed by atoms with E-state index in [4.69, 9.17) is 14.5 Å². The Morgan fingerprint density at radius 3 is 2.46 bits per heavy atom. The number of pyridine rings is 1. The van der Waals surface area contributed by atoms with Gasteiger partial charge in [-0.1, -0.05) is 30.3 Å². The number of nitrogens with zero attached hydrogens (tertiary/aromatic N) is 7. The molecule has 46 heavy (non-hydrogen) atoms. The molecule has 0 aliphatic carbocycles. The smallest absolute Gasteiger partial charge is 0.416 e. The van der Waals surface area contributed by atoms with Gasteiger partial charge in [-0.25, -0.2) is 14.6 Å². The molecule has 4 heterocycles. The topological polar surface area (TPSA) is 138 Å². The van der Waals surface area contributed by atoms with Crippen LogP contribution in [0, 0.1) is 11.3 Å². The van der Waals surface area contributed by atoms with Gasteiger partial charge in [-0.2, -0.15) is 14.9 Å². The van der Waals surface area contributed by atoms with E-state index in [1.807, 2.05) is 63.2 Å². The summed E-state index contributed by atoms with van der Waals surface area (Å²) in [7, 11) is 0. The number of nitriles is 1. The number of ether oxygens (including phenoxy) is 2. The van der Waals surface area contributed by atoms with E-state index >= 15 is 0 Å². The summed E-state index contributed by atoms with van der Waals surface area (Å²) < 4.78 is 12.9. The normalized spacial score (nSPS) is 15.2. The predicted molar refractivity (Wildman–Crippen MR) is 174 cm³/mol. The highest BCUT2D eigenvalue weighted by molar-refractivity contribution is 5.88. The lowest BCUT2D eigenvalue weighted by atomic mass is 10.1. The largest absolute Gasteiger partial charge is 0.444 e. The number of carbonyl (C=O) groups excluding carboxylic acids is 2. The maximum atomic E-state index is 13.8. The molecule has 1 aliphatic rings. The number of carbonyl (C=O) groups is 2. The van der Waals surface area contributed by atoms with Crippen molar-refractivity contribution in [1.82, 2.24) is 24.5 Å². The summed E-state index contributed by atoms with van der Waals surface area (Å²) in [6.45, 7) is 12.1. The zero-order chi connectivity index (χ0) is 33.1. The van der Waals surface area contributed by atoms with E-state index in [9.17, 15) is 14.9 Å². The van der Waals surface area contributed by atoms with Crippen LogP contribution in [0.25, 0.3) is 16.9 Å². The molecule has 0 saturated carbocycles. The maximum Gasteiger partial charge on any atom is 0.416 e. The number of rotatable bonds is 6. The number of benzene rings is 1. The lowest BCUT2D eigenvalue weighted by Crippen LogP contribution is -2.47. The number of nitrogens with one attached hydrogen (secondary N) is 1. The number of hydrogen-bond acceptors (Lipinski definition) is 9. The molecule has 4 aromatic rings. The number of anilines is 2. The second-order valence-electron chi connectivity index (χ2n) is 13.3. The molecular formula is C34H40N8O4. The molecule has 12 nitrogen and oxygen atoms in total. The summed E-state index contributed by atoms with van der Waals surface area (Å²) in [5.74, 6) is 0.812. The van der Waals surface area contributed by atoms with Crippen molar-refractivity contribution in [2.75, 3.05) is 23.3 Å². The number of likely N-dealkylation sites (tertiary alicyclic amines) is 1. The number of piperidine rings is 1. The van der Waals surface area contributed by atoms with Gasteiger partial charge in [0.05, 0.1) is 18.4 Å². The van der Waals surface area contributed by atoms with E-state index < -0.39 is 17.3 Å².